The molecule has 0 spiro atoms. The molecule has 0 aliphatic rings. The van der Waals surface area contributed by atoms with Crippen LogP contribution in [-0.4, -0.2) is 26.1 Å². The first-order valence-electron chi connectivity index (χ1n) is 6.41. The van der Waals surface area contributed by atoms with E-state index in [1.165, 1.54) is 6.33 Å². The fourth-order valence-electron chi connectivity index (χ4n) is 2.03. The zero-order valence-electron chi connectivity index (χ0n) is 11.0. The van der Waals surface area contributed by atoms with Crippen LogP contribution in [0.5, 0.6) is 0 Å². The Labute approximate surface area is 129 Å². The number of aromatic amines is 1. The molecule has 0 aliphatic carbocycles. The van der Waals surface area contributed by atoms with Crippen LogP contribution in [0.3, 0.4) is 0 Å². The molecule has 0 saturated carbocycles. The number of nitrogens with one attached hydrogen (secondary N) is 2. The number of fused-ring (bicyclic) bond motifs is 1. The summed E-state index contributed by atoms with van der Waals surface area (Å²) in [5, 5.41) is 10.3. The van der Waals surface area contributed by atoms with Gasteiger partial charge in [0.2, 0.25) is 5.91 Å². The minimum absolute atomic E-state index is 0.0827. The highest BCUT2D eigenvalue weighted by Crippen LogP contribution is 2.28. The van der Waals surface area contributed by atoms with Crippen LogP contribution in [0.2, 0.25) is 0 Å². The summed E-state index contributed by atoms with van der Waals surface area (Å²) in [4.78, 5) is 20.3. The lowest BCUT2D eigenvalue weighted by Gasteiger charge is -2.08. The highest BCUT2D eigenvalue weighted by Gasteiger charge is 2.09. The van der Waals surface area contributed by atoms with Crippen molar-refractivity contribution in [3.05, 3.63) is 47.1 Å². The van der Waals surface area contributed by atoms with Gasteiger partial charge in [-0.15, -0.1) is 0 Å². The van der Waals surface area contributed by atoms with Crippen LogP contribution >= 0.6 is 15.9 Å². The van der Waals surface area contributed by atoms with E-state index < -0.39 is 0 Å². The average molecular weight is 346 g/mol. The number of anilines is 1. The molecule has 2 heterocycles. The Morgan fingerprint density at radius 3 is 3.00 bits per heavy atom. The predicted molar refractivity (Wildman–Crippen MR) is 82.8 cm³/mol. The third kappa shape index (κ3) is 3.08. The van der Waals surface area contributed by atoms with Gasteiger partial charge >= 0.3 is 0 Å². The Balaban J connectivity index is 1.75. The number of rotatable bonds is 4. The van der Waals surface area contributed by atoms with E-state index in [-0.39, 0.29) is 5.91 Å². The molecule has 7 heteroatoms. The van der Waals surface area contributed by atoms with Gasteiger partial charge in [0.1, 0.15) is 12.2 Å². The second-order valence-electron chi connectivity index (χ2n) is 4.47. The molecule has 21 heavy (non-hydrogen) atoms. The second kappa shape index (κ2) is 6.01. The lowest BCUT2D eigenvalue weighted by atomic mass is 10.2. The number of halogens is 1. The molecule has 0 saturated heterocycles. The minimum atomic E-state index is -0.0827. The lowest BCUT2D eigenvalue weighted by molar-refractivity contribution is -0.116. The summed E-state index contributed by atoms with van der Waals surface area (Å²) in [7, 11) is 0. The Kier molecular flexibility index (Phi) is 3.92. The van der Waals surface area contributed by atoms with Crippen molar-refractivity contribution in [1.82, 2.24) is 20.2 Å². The zero-order chi connectivity index (χ0) is 14.7. The van der Waals surface area contributed by atoms with Crippen molar-refractivity contribution in [2.45, 2.75) is 12.8 Å². The van der Waals surface area contributed by atoms with Gasteiger partial charge in [-0.25, -0.2) is 4.98 Å². The van der Waals surface area contributed by atoms with Crippen LogP contribution < -0.4 is 5.32 Å². The number of benzene rings is 1. The molecule has 2 aromatic heterocycles. The number of carbonyl (C=O) groups excluding carboxylic acids is 1. The van der Waals surface area contributed by atoms with Gasteiger partial charge in [-0.3, -0.25) is 14.9 Å². The van der Waals surface area contributed by atoms with Crippen molar-refractivity contribution in [1.29, 1.82) is 0 Å². The van der Waals surface area contributed by atoms with Gasteiger partial charge in [-0.1, -0.05) is 22.0 Å². The summed E-state index contributed by atoms with van der Waals surface area (Å²) in [6, 6.07) is 7.56. The van der Waals surface area contributed by atoms with Crippen LogP contribution in [0.25, 0.3) is 10.9 Å². The molecule has 0 unspecified atom stereocenters. The molecule has 0 atom stereocenters. The number of nitrogens with zero attached hydrogens (tertiary/aromatic N) is 3. The second-order valence-corrected chi connectivity index (χ2v) is 5.33. The van der Waals surface area contributed by atoms with E-state index in [1.54, 1.807) is 6.20 Å². The topological polar surface area (TPSA) is 83.6 Å². The number of hydrogen-bond acceptors (Lipinski definition) is 4. The predicted octanol–water partition coefficient (Wildman–Crippen LogP) is 2.69. The molecule has 6 nitrogen and oxygen atoms in total. The van der Waals surface area contributed by atoms with Crippen molar-refractivity contribution >= 4 is 38.4 Å². The van der Waals surface area contributed by atoms with E-state index in [9.17, 15) is 4.79 Å². The maximum Gasteiger partial charge on any atom is 0.224 e. The Bertz CT molecular complexity index is 772. The van der Waals surface area contributed by atoms with Crippen molar-refractivity contribution in [2.75, 3.05) is 5.32 Å². The normalized spacial score (nSPS) is 10.7. The van der Waals surface area contributed by atoms with E-state index in [0.29, 0.717) is 24.4 Å². The highest BCUT2D eigenvalue weighted by atomic mass is 79.9. The van der Waals surface area contributed by atoms with E-state index in [0.717, 1.165) is 15.4 Å². The fourth-order valence-corrected chi connectivity index (χ4v) is 2.49. The van der Waals surface area contributed by atoms with Gasteiger partial charge < -0.3 is 5.32 Å². The van der Waals surface area contributed by atoms with E-state index in [1.807, 2.05) is 24.3 Å². The van der Waals surface area contributed by atoms with Crippen LogP contribution in [-0.2, 0) is 11.2 Å². The summed E-state index contributed by atoms with van der Waals surface area (Å²) in [6.45, 7) is 0. The quantitative estimate of drug-likeness (QED) is 0.761. The molecular formula is C14H12BrN5O. The van der Waals surface area contributed by atoms with Gasteiger partial charge in [0, 0.05) is 28.9 Å². The first-order chi connectivity index (χ1) is 10.2. The maximum atomic E-state index is 12.0. The molecule has 3 aromatic rings. The minimum Gasteiger partial charge on any atom is -0.324 e. The third-order valence-electron chi connectivity index (χ3n) is 3.04. The monoisotopic (exact) mass is 345 g/mol. The molecule has 0 aliphatic heterocycles. The summed E-state index contributed by atoms with van der Waals surface area (Å²) >= 11 is 3.48. The average Bonchev–Trinajstić information content (AvgIpc) is 3.02. The zero-order valence-corrected chi connectivity index (χ0v) is 12.6. The molecule has 0 fully saturated rings. The van der Waals surface area contributed by atoms with E-state index >= 15 is 0 Å². The van der Waals surface area contributed by atoms with E-state index in [4.69, 9.17) is 0 Å². The molecule has 106 valence electrons. The molecule has 3 rings (SSSR count). The number of aryl methyl sites for hydroxylation is 1. The standard InChI is InChI=1S/C14H12BrN5O/c15-10-3-4-11(14-9(10)2-1-7-16-14)19-13(21)6-5-12-17-8-18-20-12/h1-4,7-8H,5-6H2,(H,19,21)(H,17,18,20). The van der Waals surface area contributed by atoms with Crippen LogP contribution in [0.15, 0.2) is 41.3 Å². The van der Waals surface area contributed by atoms with Crippen molar-refractivity contribution in [3.63, 3.8) is 0 Å². The molecule has 0 bridgehead atoms. The fraction of sp³-hybridized carbons (Fsp3) is 0.143. The van der Waals surface area contributed by atoms with Gasteiger partial charge in [0.05, 0.1) is 11.2 Å². The number of pyridine rings is 1. The summed E-state index contributed by atoms with van der Waals surface area (Å²) in [5.41, 5.74) is 1.47. The summed E-state index contributed by atoms with van der Waals surface area (Å²) < 4.78 is 0.949. The Morgan fingerprint density at radius 2 is 2.19 bits per heavy atom. The van der Waals surface area contributed by atoms with Gasteiger partial charge in [0.25, 0.3) is 0 Å². The van der Waals surface area contributed by atoms with Gasteiger partial charge in [-0.05, 0) is 18.2 Å². The smallest absolute Gasteiger partial charge is 0.224 e. The molecule has 0 radical (unpaired) electrons. The van der Waals surface area contributed by atoms with Gasteiger partial charge in [-0.2, -0.15) is 5.10 Å². The van der Waals surface area contributed by atoms with Crippen molar-refractivity contribution in [3.8, 4) is 0 Å². The van der Waals surface area contributed by atoms with Crippen molar-refractivity contribution < 1.29 is 4.79 Å². The van der Waals surface area contributed by atoms with E-state index in [2.05, 4.69) is 41.4 Å². The van der Waals surface area contributed by atoms with Crippen LogP contribution in [0.1, 0.15) is 12.2 Å². The first-order valence-corrected chi connectivity index (χ1v) is 7.20. The Morgan fingerprint density at radius 1 is 1.29 bits per heavy atom. The molecule has 2 N–H and O–H groups in total. The SMILES string of the molecule is O=C(CCc1ncn[nH]1)Nc1ccc(Br)c2cccnc12. The van der Waals surface area contributed by atoms with Crippen LogP contribution in [0.4, 0.5) is 5.69 Å². The van der Waals surface area contributed by atoms with Crippen LogP contribution in [0, 0.1) is 0 Å². The maximum absolute atomic E-state index is 12.0. The number of carbonyl (C=O) groups is 1. The lowest BCUT2D eigenvalue weighted by Crippen LogP contribution is -2.13. The Hall–Kier alpha value is -2.28. The number of aromatic nitrogens is 4. The summed E-state index contributed by atoms with van der Waals surface area (Å²) in [6.07, 6.45) is 3.99. The molecule has 1 aromatic carbocycles. The number of hydrogen-bond donors (Lipinski definition) is 2. The third-order valence-corrected chi connectivity index (χ3v) is 3.74. The largest absolute Gasteiger partial charge is 0.324 e. The number of amides is 1. The number of H-pyrrole nitrogens is 1. The van der Waals surface area contributed by atoms with Crippen molar-refractivity contribution in [2.24, 2.45) is 0 Å². The van der Waals surface area contributed by atoms with Gasteiger partial charge in [0.15, 0.2) is 0 Å². The molecule has 1 amide bonds. The summed E-state index contributed by atoms with van der Waals surface area (Å²) in [5.74, 6) is 0.615. The highest BCUT2D eigenvalue weighted by molar-refractivity contribution is 9.10. The molecular weight excluding hydrogens is 334 g/mol. The first kappa shape index (κ1) is 13.7.